The molecule has 0 radical (unpaired) electrons. The molecule has 18 heavy (non-hydrogen) atoms. The highest BCUT2D eigenvalue weighted by atomic mass is 35.5. The summed E-state index contributed by atoms with van der Waals surface area (Å²) < 4.78 is 10.2. The summed E-state index contributed by atoms with van der Waals surface area (Å²) in [7, 11) is 2.98. The van der Waals surface area contributed by atoms with Crippen molar-refractivity contribution in [2.75, 3.05) is 20.8 Å². The number of nitro benzene ring substituents is 1. The van der Waals surface area contributed by atoms with Crippen LogP contribution in [0.3, 0.4) is 0 Å². The highest BCUT2D eigenvalue weighted by Crippen LogP contribution is 2.39. The maximum Gasteiger partial charge on any atom is 0.278 e. The number of hydrogen-bond acceptors (Lipinski definition) is 5. The number of halogens is 1. The van der Waals surface area contributed by atoms with Crippen LogP contribution in [0, 0.1) is 10.1 Å². The predicted octanol–water partition coefficient (Wildman–Crippen LogP) is 2.07. The fraction of sp³-hybridized carbons (Fsp3) is 0.455. The molecule has 0 bridgehead atoms. The number of nitro groups is 1. The zero-order chi connectivity index (χ0) is 12.4. The molecule has 1 aliphatic heterocycles. The van der Waals surface area contributed by atoms with Crippen LogP contribution in [-0.2, 0) is 0 Å². The van der Waals surface area contributed by atoms with E-state index in [0.29, 0.717) is 17.1 Å². The highest BCUT2D eigenvalue weighted by molar-refractivity contribution is 5.85. The van der Waals surface area contributed by atoms with Crippen molar-refractivity contribution in [1.29, 1.82) is 0 Å². The number of methoxy groups -OCH3 is 2. The summed E-state index contributed by atoms with van der Waals surface area (Å²) in [5.41, 5.74) is 0.721. The Balaban J connectivity index is 0.00000162. The van der Waals surface area contributed by atoms with Crippen molar-refractivity contribution in [1.82, 2.24) is 5.32 Å². The van der Waals surface area contributed by atoms with Crippen molar-refractivity contribution in [3.63, 3.8) is 0 Å². The van der Waals surface area contributed by atoms with E-state index in [0.717, 1.165) is 13.0 Å². The number of benzene rings is 1. The lowest BCUT2D eigenvalue weighted by molar-refractivity contribution is -0.386. The third-order valence-electron chi connectivity index (χ3n) is 2.93. The van der Waals surface area contributed by atoms with Crippen molar-refractivity contribution in [2.24, 2.45) is 0 Å². The summed E-state index contributed by atoms with van der Waals surface area (Å²) in [6.45, 7) is 0.885. The normalized spacial score (nSPS) is 17.3. The summed E-state index contributed by atoms with van der Waals surface area (Å²) in [6.07, 6.45) is 0.899. The predicted molar refractivity (Wildman–Crippen MR) is 68.8 cm³/mol. The van der Waals surface area contributed by atoms with Gasteiger partial charge in [0, 0.05) is 6.04 Å². The molecule has 0 aromatic heterocycles. The first-order valence-corrected chi connectivity index (χ1v) is 5.31. The summed E-state index contributed by atoms with van der Waals surface area (Å²) >= 11 is 0. The first kappa shape index (κ1) is 14.5. The quantitative estimate of drug-likeness (QED) is 0.672. The van der Waals surface area contributed by atoms with E-state index in [-0.39, 0.29) is 24.1 Å². The fourth-order valence-corrected chi connectivity index (χ4v) is 1.88. The summed E-state index contributed by atoms with van der Waals surface area (Å²) in [4.78, 5) is 10.6. The van der Waals surface area contributed by atoms with Gasteiger partial charge in [0.25, 0.3) is 5.69 Å². The number of nitrogens with one attached hydrogen (secondary N) is 1. The van der Waals surface area contributed by atoms with Crippen molar-refractivity contribution in [3.8, 4) is 11.5 Å². The molecule has 0 unspecified atom stereocenters. The van der Waals surface area contributed by atoms with Crippen LogP contribution >= 0.6 is 12.4 Å². The van der Waals surface area contributed by atoms with Crippen molar-refractivity contribution < 1.29 is 14.4 Å². The minimum absolute atomic E-state index is 0. The largest absolute Gasteiger partial charge is 0.493 e. The Bertz CT molecular complexity index is 449. The van der Waals surface area contributed by atoms with Crippen LogP contribution in [0.25, 0.3) is 0 Å². The zero-order valence-electron chi connectivity index (χ0n) is 10.1. The Morgan fingerprint density at radius 1 is 1.33 bits per heavy atom. The number of nitrogens with zero attached hydrogens (tertiary/aromatic N) is 1. The van der Waals surface area contributed by atoms with Gasteiger partial charge in [-0.15, -0.1) is 12.4 Å². The molecular weight excluding hydrogens is 260 g/mol. The average Bonchev–Trinajstić information content (AvgIpc) is 2.25. The molecule has 0 aliphatic carbocycles. The van der Waals surface area contributed by atoms with E-state index in [1.54, 1.807) is 6.07 Å². The molecule has 0 amide bonds. The van der Waals surface area contributed by atoms with E-state index in [4.69, 9.17) is 9.47 Å². The second-order valence-corrected chi connectivity index (χ2v) is 3.82. The van der Waals surface area contributed by atoms with Crippen molar-refractivity contribution in [2.45, 2.75) is 12.5 Å². The minimum Gasteiger partial charge on any atom is -0.493 e. The molecular formula is C11H15ClN2O4. The Kier molecular flexibility index (Phi) is 4.75. The van der Waals surface area contributed by atoms with Gasteiger partial charge in [0.05, 0.1) is 30.8 Å². The van der Waals surface area contributed by atoms with Gasteiger partial charge in [-0.2, -0.15) is 0 Å². The van der Waals surface area contributed by atoms with E-state index < -0.39 is 4.92 Å². The number of rotatable bonds is 4. The average molecular weight is 275 g/mol. The van der Waals surface area contributed by atoms with Gasteiger partial charge in [-0.05, 0) is 19.0 Å². The molecule has 1 heterocycles. The van der Waals surface area contributed by atoms with E-state index in [1.165, 1.54) is 20.3 Å². The first-order valence-electron chi connectivity index (χ1n) is 5.31. The van der Waals surface area contributed by atoms with Crippen LogP contribution in [0.5, 0.6) is 11.5 Å². The van der Waals surface area contributed by atoms with Crippen LogP contribution in [0.2, 0.25) is 0 Å². The smallest absolute Gasteiger partial charge is 0.278 e. The van der Waals surface area contributed by atoms with Gasteiger partial charge >= 0.3 is 0 Å². The van der Waals surface area contributed by atoms with Crippen LogP contribution in [-0.4, -0.2) is 25.7 Å². The first-order chi connectivity index (χ1) is 8.17. The van der Waals surface area contributed by atoms with E-state index in [1.807, 2.05) is 0 Å². The third kappa shape index (κ3) is 2.49. The third-order valence-corrected chi connectivity index (χ3v) is 2.93. The number of hydrogen-bond donors (Lipinski definition) is 1. The van der Waals surface area contributed by atoms with Crippen LogP contribution in [0.1, 0.15) is 18.0 Å². The van der Waals surface area contributed by atoms with E-state index >= 15 is 0 Å². The van der Waals surface area contributed by atoms with Gasteiger partial charge in [-0.25, -0.2) is 0 Å². The van der Waals surface area contributed by atoms with Crippen molar-refractivity contribution in [3.05, 3.63) is 27.8 Å². The maximum absolute atomic E-state index is 11.0. The monoisotopic (exact) mass is 274 g/mol. The molecule has 0 spiro atoms. The van der Waals surface area contributed by atoms with E-state index in [2.05, 4.69) is 5.32 Å². The molecule has 1 atom stereocenters. The molecule has 1 aliphatic rings. The lowest BCUT2D eigenvalue weighted by Gasteiger charge is -2.28. The Morgan fingerprint density at radius 2 is 1.89 bits per heavy atom. The lowest BCUT2D eigenvalue weighted by Crippen LogP contribution is -2.35. The van der Waals surface area contributed by atoms with E-state index in [9.17, 15) is 10.1 Å². The topological polar surface area (TPSA) is 73.6 Å². The van der Waals surface area contributed by atoms with Crippen LogP contribution in [0.15, 0.2) is 12.1 Å². The summed E-state index contributed by atoms with van der Waals surface area (Å²) in [5.74, 6) is 0.893. The molecule has 7 heteroatoms. The highest BCUT2D eigenvalue weighted by Gasteiger charge is 2.28. The van der Waals surface area contributed by atoms with Gasteiger partial charge in [0.2, 0.25) is 0 Å². The second kappa shape index (κ2) is 5.88. The molecule has 6 nitrogen and oxygen atoms in total. The molecule has 2 rings (SSSR count). The Hall–Kier alpha value is -1.53. The summed E-state index contributed by atoms with van der Waals surface area (Å²) in [6, 6.07) is 3.12. The molecule has 1 N–H and O–H groups in total. The van der Waals surface area contributed by atoms with Gasteiger partial charge in [-0.3, -0.25) is 10.1 Å². The molecule has 1 fully saturated rings. The summed E-state index contributed by atoms with van der Waals surface area (Å²) in [5, 5.41) is 14.2. The Morgan fingerprint density at radius 3 is 2.28 bits per heavy atom. The van der Waals surface area contributed by atoms with Gasteiger partial charge in [0.1, 0.15) is 0 Å². The number of ether oxygens (including phenoxy) is 2. The maximum atomic E-state index is 11.0. The van der Waals surface area contributed by atoms with Gasteiger partial charge < -0.3 is 14.8 Å². The standard InChI is InChI=1S/C11H14N2O4.ClH/c1-16-10-5-7(8-3-4-12-8)9(13(14)15)6-11(10)17-2;/h5-6,8,12H,3-4H2,1-2H3;1H/t8-;/m0./s1. The van der Waals surface area contributed by atoms with Crippen LogP contribution < -0.4 is 14.8 Å². The molecule has 1 saturated heterocycles. The molecule has 1 aromatic rings. The van der Waals surface area contributed by atoms with Gasteiger partial charge in [-0.1, -0.05) is 0 Å². The van der Waals surface area contributed by atoms with Crippen molar-refractivity contribution >= 4 is 18.1 Å². The molecule has 100 valence electrons. The molecule has 1 aromatic carbocycles. The second-order valence-electron chi connectivity index (χ2n) is 3.82. The van der Waals surface area contributed by atoms with Gasteiger partial charge in [0.15, 0.2) is 11.5 Å². The SMILES string of the molecule is COc1cc([C@@H]2CCN2)c([N+](=O)[O-])cc1OC.Cl. The minimum atomic E-state index is -0.392. The van der Waals surface area contributed by atoms with Crippen LogP contribution in [0.4, 0.5) is 5.69 Å². The molecule has 0 saturated carbocycles. The lowest BCUT2D eigenvalue weighted by atomic mass is 9.96. The Labute approximate surface area is 111 Å². The fourth-order valence-electron chi connectivity index (χ4n) is 1.88. The zero-order valence-corrected chi connectivity index (χ0v) is 11.0.